The normalized spacial score (nSPS) is 13.6. The van der Waals surface area contributed by atoms with Crippen LogP contribution >= 0.6 is 22.7 Å². The zero-order chi connectivity index (χ0) is 66.3. The number of ether oxygens (including phenoxy) is 3. The van der Waals surface area contributed by atoms with E-state index in [2.05, 4.69) is 228 Å². The van der Waals surface area contributed by atoms with Crippen molar-refractivity contribution in [3.8, 4) is 22.9 Å². The number of hydrogen-bond acceptors (Lipinski definition) is 5. The minimum absolute atomic E-state index is 0.604. The third-order valence-electron chi connectivity index (χ3n) is 20.3. The summed E-state index contributed by atoms with van der Waals surface area (Å²) in [5.41, 5.74) is 8.97. The van der Waals surface area contributed by atoms with E-state index in [9.17, 15) is 0 Å². The summed E-state index contributed by atoms with van der Waals surface area (Å²) in [5.74, 6) is 6.43. The van der Waals surface area contributed by atoms with Crippen LogP contribution in [0.1, 0.15) is 280 Å². The molecule has 6 aromatic rings. The molecule has 0 radical (unpaired) electrons. The van der Waals surface area contributed by atoms with Gasteiger partial charge < -0.3 is 14.2 Å². The molecule has 0 spiro atoms. The monoisotopic (exact) mass is 1510 g/mol. The van der Waals surface area contributed by atoms with Crippen LogP contribution in [0.2, 0.25) is 26.6 Å². The van der Waals surface area contributed by atoms with Crippen molar-refractivity contribution in [2.75, 3.05) is 19.8 Å². The molecule has 0 unspecified atom stereocenters. The van der Waals surface area contributed by atoms with E-state index in [1.54, 1.807) is 9.40 Å². The first-order valence-corrected chi connectivity index (χ1v) is 54.8. The van der Waals surface area contributed by atoms with Crippen LogP contribution in [0.25, 0.3) is 50.4 Å². The zero-order valence-electron chi connectivity index (χ0n) is 61.5. The molecule has 92 heavy (non-hydrogen) atoms. The van der Waals surface area contributed by atoms with E-state index in [1.165, 1.54) is 189 Å². The second-order valence-electron chi connectivity index (χ2n) is 30.1. The zero-order valence-corrected chi connectivity index (χ0v) is 68.9. The fourth-order valence-electron chi connectivity index (χ4n) is 14.0. The van der Waals surface area contributed by atoms with Crippen LogP contribution in [-0.2, 0) is 0 Å². The Morgan fingerprint density at radius 2 is 0.663 bits per heavy atom. The topological polar surface area (TPSA) is 32.6 Å². The van der Waals surface area contributed by atoms with E-state index in [0.717, 1.165) is 65.4 Å². The number of fused-ring (bicyclic) bond motifs is 3. The van der Waals surface area contributed by atoms with E-state index in [4.69, 9.17) is 14.2 Å². The van der Waals surface area contributed by atoms with E-state index in [1.807, 2.05) is 5.79 Å². The summed E-state index contributed by atoms with van der Waals surface area (Å²) < 4.78 is 39.2. The fourth-order valence-corrected chi connectivity index (χ4v) is 54.6. The molecule has 0 aliphatic carbocycles. The summed E-state index contributed by atoms with van der Waals surface area (Å²) in [6.07, 6.45) is 39.8. The van der Waals surface area contributed by atoms with Gasteiger partial charge in [-0.05, 0) is 78.0 Å². The molecule has 0 N–H and O–H groups in total. The Bertz CT molecular complexity index is 2850. The third kappa shape index (κ3) is 25.0. The Balaban J connectivity index is 1.29. The van der Waals surface area contributed by atoms with Crippen molar-refractivity contribution < 1.29 is 14.2 Å². The van der Waals surface area contributed by atoms with Gasteiger partial charge >= 0.3 is 313 Å². The Morgan fingerprint density at radius 3 is 0.978 bits per heavy atom. The summed E-state index contributed by atoms with van der Waals surface area (Å²) in [4.78, 5) is 0. The molecule has 512 valence electrons. The van der Waals surface area contributed by atoms with E-state index >= 15 is 0 Å². The summed E-state index contributed by atoms with van der Waals surface area (Å²) >= 11 is -0.840. The average molecular weight is 1510 g/mol. The van der Waals surface area contributed by atoms with Gasteiger partial charge in [0.1, 0.15) is 0 Å². The minimum atomic E-state index is -2.70. The van der Waals surface area contributed by atoms with Gasteiger partial charge in [0.25, 0.3) is 0 Å². The molecule has 3 atom stereocenters. The van der Waals surface area contributed by atoms with Crippen molar-refractivity contribution in [3.05, 3.63) is 95.1 Å². The van der Waals surface area contributed by atoms with Gasteiger partial charge in [-0.2, -0.15) is 0 Å². The molecule has 0 aliphatic heterocycles. The number of rotatable bonds is 49. The molecule has 3 heterocycles. The molecular weight excluding hydrogens is 1370 g/mol. The maximum absolute atomic E-state index is 6.81. The van der Waals surface area contributed by atoms with Crippen LogP contribution in [0.5, 0.6) is 17.2 Å². The quantitative estimate of drug-likeness (QED) is 0.0282. The molecule has 0 amide bonds. The van der Waals surface area contributed by atoms with Gasteiger partial charge in [0.2, 0.25) is 5.75 Å². The summed E-state index contributed by atoms with van der Waals surface area (Å²) in [7, 11) is 0. The Hall–Kier alpha value is -2.66. The SMILES string of the molecule is CCC[CH2][Sn]([CH2]CCC)([CH2]CCC)[c]1cc2c(s1)c1s[c]([Sn]([CH2]CCC)([CH2]CCC)[CH2]CCC)cc1n2-c1ccc(/C=C/c2ccc(/C=C/c3cc(OCC[C@@H](C)CCCC(C)C)c(OCC[C@@H](C)CCCC(C)C)c(OCC[C@@H](C)CCCC(C)C)c3)cc2)cc1. The molecule has 6 rings (SSSR count). The number of thiophene rings is 2. The first-order valence-electron chi connectivity index (χ1n) is 38.2. The maximum atomic E-state index is 6.81. The Kier molecular flexibility index (Phi) is 35.9. The van der Waals surface area contributed by atoms with Crippen LogP contribution in [-0.4, -0.2) is 61.1 Å². The van der Waals surface area contributed by atoms with Gasteiger partial charge in [-0.1, -0.05) is 144 Å². The molecule has 0 bridgehead atoms. The molecule has 3 aromatic heterocycles. The summed E-state index contributed by atoms with van der Waals surface area (Å²) in [6.45, 7) is 37.7. The van der Waals surface area contributed by atoms with Crippen LogP contribution < -0.4 is 20.0 Å². The van der Waals surface area contributed by atoms with Gasteiger partial charge in [-0.25, -0.2) is 0 Å². The van der Waals surface area contributed by atoms with Crippen molar-refractivity contribution in [2.45, 2.75) is 285 Å². The molecular formula is C84H133NO3S2Sn2. The number of benzene rings is 3. The van der Waals surface area contributed by atoms with E-state index in [0.29, 0.717) is 37.6 Å². The van der Waals surface area contributed by atoms with Gasteiger partial charge in [0.15, 0.2) is 11.5 Å². The number of hydrogen-bond donors (Lipinski definition) is 0. The van der Waals surface area contributed by atoms with Crippen molar-refractivity contribution >= 4 is 110 Å². The molecule has 0 aliphatic rings. The van der Waals surface area contributed by atoms with Crippen LogP contribution in [0.15, 0.2) is 72.8 Å². The van der Waals surface area contributed by atoms with Crippen LogP contribution in [0.3, 0.4) is 0 Å². The fraction of sp³-hybridized carbons (Fsp3) is 0.643. The average Bonchev–Trinajstić information content (AvgIpc) is 1.56. The number of unbranched alkanes of at least 4 members (excludes halogenated alkanes) is 6. The predicted molar refractivity (Wildman–Crippen MR) is 420 cm³/mol. The van der Waals surface area contributed by atoms with E-state index < -0.39 is 36.8 Å². The molecule has 4 nitrogen and oxygen atoms in total. The second-order valence-corrected chi connectivity index (χ2v) is 60.6. The molecule has 0 fully saturated rings. The van der Waals surface area contributed by atoms with Gasteiger partial charge in [0, 0.05) is 0 Å². The van der Waals surface area contributed by atoms with E-state index in [-0.39, 0.29) is 0 Å². The molecule has 0 saturated carbocycles. The van der Waals surface area contributed by atoms with Crippen LogP contribution in [0.4, 0.5) is 0 Å². The number of aromatic nitrogens is 1. The van der Waals surface area contributed by atoms with Gasteiger partial charge in [0.05, 0.1) is 19.8 Å². The number of nitrogens with zero attached hydrogens (tertiary/aromatic N) is 1. The van der Waals surface area contributed by atoms with Crippen LogP contribution in [0, 0.1) is 35.5 Å². The molecule has 0 saturated heterocycles. The molecule has 3 aromatic carbocycles. The third-order valence-corrected chi connectivity index (χ3v) is 59.1. The Morgan fingerprint density at radius 1 is 0.359 bits per heavy atom. The summed E-state index contributed by atoms with van der Waals surface area (Å²) in [6, 6.07) is 28.6. The summed E-state index contributed by atoms with van der Waals surface area (Å²) in [5, 5.41) is 0. The van der Waals surface area contributed by atoms with Crippen molar-refractivity contribution in [1.29, 1.82) is 0 Å². The second kappa shape index (κ2) is 42.2. The van der Waals surface area contributed by atoms with Gasteiger partial charge in [-0.15, -0.1) is 0 Å². The standard InChI is InChI=1S/C60H79NO3S2.6C4H9.2Sn/c1-43(2)13-10-16-46(7)31-36-62-56-41-52(42-57(63-37-32-47(8)17-11-14-44(3)4)58(56)64-38-33-48(9)18-12-15-45(5)6)26-25-50-21-19-49(20-22-50)23-24-51-27-29-53(30-28-51)61-54-34-39-65-59(54)60-55(61)35-40-66-60;6*1-3-4-2;;/h19-30,34-35,41-48H,10-18,31-33,36-38H2,1-9H3;6*1,3-4H2,2H3;;/b24-23+,26-25+;;;;;;;;/t46-,47-,48-;;;;;;;;/m0......../s1. The Labute approximate surface area is 581 Å². The van der Waals surface area contributed by atoms with Crippen molar-refractivity contribution in [1.82, 2.24) is 4.57 Å². The van der Waals surface area contributed by atoms with Gasteiger partial charge in [-0.3, -0.25) is 0 Å². The first-order chi connectivity index (χ1) is 44.5. The van der Waals surface area contributed by atoms with Crippen molar-refractivity contribution in [3.63, 3.8) is 0 Å². The molecule has 8 heteroatoms. The predicted octanol–water partition coefficient (Wildman–Crippen LogP) is 27.1. The first kappa shape index (κ1) is 78.3. The van der Waals surface area contributed by atoms with Crippen molar-refractivity contribution in [2.24, 2.45) is 35.5 Å².